The molecule has 0 bridgehead atoms. The standard InChI is InChI=1S/C16H23FN2O2/c1-11(2)18-10-12-3-6-15(14(17)9-12)21-8-7-16(20)19-13-4-5-13/h3,6,9,11,13,18H,4-5,7-8,10H2,1-2H3,(H,19,20). The molecule has 1 aromatic rings. The molecule has 116 valence electrons. The number of hydrogen-bond acceptors (Lipinski definition) is 3. The lowest BCUT2D eigenvalue weighted by atomic mass is 10.2. The maximum absolute atomic E-state index is 13.9. The Bertz CT molecular complexity index is 487. The summed E-state index contributed by atoms with van der Waals surface area (Å²) in [7, 11) is 0. The average Bonchev–Trinajstić information content (AvgIpc) is 3.22. The highest BCUT2D eigenvalue weighted by Gasteiger charge is 2.22. The second kappa shape index (κ2) is 7.41. The molecule has 1 aliphatic carbocycles. The molecule has 5 heteroatoms. The third-order valence-corrected chi connectivity index (χ3v) is 3.24. The van der Waals surface area contributed by atoms with Crippen molar-refractivity contribution in [1.82, 2.24) is 10.6 Å². The zero-order valence-electron chi connectivity index (χ0n) is 12.6. The quantitative estimate of drug-likeness (QED) is 0.774. The molecule has 0 aromatic heterocycles. The second-order valence-corrected chi connectivity index (χ2v) is 5.74. The molecule has 0 spiro atoms. The van der Waals surface area contributed by atoms with Crippen LogP contribution in [0.5, 0.6) is 5.75 Å². The summed E-state index contributed by atoms with van der Waals surface area (Å²) >= 11 is 0. The number of benzene rings is 1. The fraction of sp³-hybridized carbons (Fsp3) is 0.562. The number of carbonyl (C=O) groups is 1. The minimum atomic E-state index is -0.388. The van der Waals surface area contributed by atoms with Crippen LogP contribution in [0.25, 0.3) is 0 Å². The first-order valence-electron chi connectivity index (χ1n) is 7.48. The van der Waals surface area contributed by atoms with Crippen molar-refractivity contribution >= 4 is 5.91 Å². The summed E-state index contributed by atoms with van der Waals surface area (Å²) in [6, 6.07) is 5.62. The molecule has 0 saturated heterocycles. The van der Waals surface area contributed by atoms with Crippen LogP contribution < -0.4 is 15.4 Å². The molecule has 0 unspecified atom stereocenters. The summed E-state index contributed by atoms with van der Waals surface area (Å²) < 4.78 is 19.2. The van der Waals surface area contributed by atoms with Crippen LogP contribution in [-0.2, 0) is 11.3 Å². The van der Waals surface area contributed by atoms with Gasteiger partial charge in [-0.15, -0.1) is 0 Å². The number of halogens is 1. The first kappa shape index (κ1) is 15.8. The van der Waals surface area contributed by atoms with Gasteiger partial charge >= 0.3 is 0 Å². The third-order valence-electron chi connectivity index (χ3n) is 3.24. The number of ether oxygens (including phenoxy) is 1. The Kier molecular flexibility index (Phi) is 5.56. The van der Waals surface area contributed by atoms with Gasteiger partial charge in [-0.05, 0) is 30.5 Å². The lowest BCUT2D eigenvalue weighted by Crippen LogP contribution is -2.26. The van der Waals surface area contributed by atoms with Gasteiger partial charge in [-0.1, -0.05) is 19.9 Å². The molecule has 0 radical (unpaired) electrons. The predicted octanol–water partition coefficient (Wildman–Crippen LogP) is 2.37. The Morgan fingerprint density at radius 3 is 2.81 bits per heavy atom. The predicted molar refractivity (Wildman–Crippen MR) is 79.7 cm³/mol. The van der Waals surface area contributed by atoms with Crippen LogP contribution in [0, 0.1) is 5.82 Å². The van der Waals surface area contributed by atoms with Crippen molar-refractivity contribution in [3.05, 3.63) is 29.6 Å². The van der Waals surface area contributed by atoms with Crippen LogP contribution in [0.4, 0.5) is 4.39 Å². The lowest BCUT2D eigenvalue weighted by molar-refractivity contribution is -0.121. The Morgan fingerprint density at radius 1 is 1.43 bits per heavy atom. The van der Waals surface area contributed by atoms with Crippen molar-refractivity contribution in [3.63, 3.8) is 0 Å². The van der Waals surface area contributed by atoms with E-state index in [9.17, 15) is 9.18 Å². The molecule has 1 amide bonds. The average molecular weight is 294 g/mol. The Balaban J connectivity index is 1.75. The molecule has 0 atom stereocenters. The van der Waals surface area contributed by atoms with E-state index in [1.54, 1.807) is 6.07 Å². The molecular formula is C16H23FN2O2. The van der Waals surface area contributed by atoms with Gasteiger partial charge in [0.25, 0.3) is 0 Å². The van der Waals surface area contributed by atoms with Crippen LogP contribution in [-0.4, -0.2) is 24.6 Å². The molecule has 4 nitrogen and oxygen atoms in total. The number of carbonyl (C=O) groups excluding carboxylic acids is 1. The van der Waals surface area contributed by atoms with Crippen molar-refractivity contribution < 1.29 is 13.9 Å². The smallest absolute Gasteiger partial charge is 0.223 e. The number of rotatable bonds is 8. The van der Waals surface area contributed by atoms with Crippen molar-refractivity contribution in [2.45, 2.75) is 51.7 Å². The summed E-state index contributed by atoms with van der Waals surface area (Å²) in [4.78, 5) is 11.5. The van der Waals surface area contributed by atoms with Gasteiger partial charge in [0.1, 0.15) is 0 Å². The topological polar surface area (TPSA) is 50.4 Å². The van der Waals surface area contributed by atoms with Crippen LogP contribution >= 0.6 is 0 Å². The number of amides is 1. The highest BCUT2D eigenvalue weighted by molar-refractivity contribution is 5.76. The van der Waals surface area contributed by atoms with E-state index >= 15 is 0 Å². The van der Waals surface area contributed by atoms with Gasteiger partial charge < -0.3 is 15.4 Å². The van der Waals surface area contributed by atoms with Crippen LogP contribution in [0.2, 0.25) is 0 Å². The molecule has 1 saturated carbocycles. The van der Waals surface area contributed by atoms with E-state index in [2.05, 4.69) is 10.6 Å². The molecule has 0 aliphatic heterocycles. The van der Waals surface area contributed by atoms with Crippen molar-refractivity contribution in [3.8, 4) is 5.75 Å². The Labute approximate surface area is 125 Å². The molecule has 1 fully saturated rings. The summed E-state index contributed by atoms with van der Waals surface area (Å²) in [5.41, 5.74) is 0.875. The van der Waals surface area contributed by atoms with Gasteiger partial charge in [0, 0.05) is 18.6 Å². The minimum absolute atomic E-state index is 0.0318. The van der Waals surface area contributed by atoms with E-state index in [-0.39, 0.29) is 30.5 Å². The first-order valence-corrected chi connectivity index (χ1v) is 7.48. The Morgan fingerprint density at radius 2 is 2.19 bits per heavy atom. The largest absolute Gasteiger partial charge is 0.490 e. The first-order chi connectivity index (χ1) is 10.0. The second-order valence-electron chi connectivity index (χ2n) is 5.74. The molecule has 1 aliphatic rings. The molecule has 2 N–H and O–H groups in total. The summed E-state index contributed by atoms with van der Waals surface area (Å²) in [5, 5.41) is 6.10. The third kappa shape index (κ3) is 5.71. The molecule has 21 heavy (non-hydrogen) atoms. The normalized spacial score (nSPS) is 14.3. The van der Waals surface area contributed by atoms with Crippen molar-refractivity contribution in [1.29, 1.82) is 0 Å². The van der Waals surface area contributed by atoms with E-state index in [0.29, 0.717) is 18.6 Å². The highest BCUT2D eigenvalue weighted by Crippen LogP contribution is 2.20. The summed E-state index contributed by atoms with van der Waals surface area (Å²) in [6.07, 6.45) is 2.38. The number of hydrogen-bond donors (Lipinski definition) is 2. The summed E-state index contributed by atoms with van der Waals surface area (Å²) in [6.45, 7) is 4.90. The monoisotopic (exact) mass is 294 g/mol. The van der Waals surface area contributed by atoms with E-state index in [4.69, 9.17) is 4.74 Å². The van der Waals surface area contributed by atoms with Crippen LogP contribution in [0.15, 0.2) is 18.2 Å². The van der Waals surface area contributed by atoms with E-state index in [0.717, 1.165) is 18.4 Å². The number of nitrogens with one attached hydrogen (secondary N) is 2. The van der Waals surface area contributed by atoms with Crippen molar-refractivity contribution in [2.75, 3.05) is 6.61 Å². The van der Waals surface area contributed by atoms with Gasteiger partial charge in [0.2, 0.25) is 5.91 Å². The Hall–Kier alpha value is -1.62. The lowest BCUT2D eigenvalue weighted by Gasteiger charge is -2.11. The molecule has 2 rings (SSSR count). The highest BCUT2D eigenvalue weighted by atomic mass is 19.1. The van der Waals surface area contributed by atoms with E-state index in [1.807, 2.05) is 19.9 Å². The fourth-order valence-corrected chi connectivity index (χ4v) is 1.87. The van der Waals surface area contributed by atoms with E-state index < -0.39 is 0 Å². The van der Waals surface area contributed by atoms with Gasteiger partial charge in [-0.2, -0.15) is 0 Å². The fourth-order valence-electron chi connectivity index (χ4n) is 1.87. The minimum Gasteiger partial charge on any atom is -0.490 e. The van der Waals surface area contributed by atoms with E-state index in [1.165, 1.54) is 6.07 Å². The SMILES string of the molecule is CC(C)NCc1ccc(OCCC(=O)NC2CC2)c(F)c1. The zero-order valence-corrected chi connectivity index (χ0v) is 12.6. The molecule has 1 aromatic carbocycles. The van der Waals surface area contributed by atoms with Crippen LogP contribution in [0.3, 0.4) is 0 Å². The van der Waals surface area contributed by atoms with Gasteiger partial charge in [-0.25, -0.2) is 4.39 Å². The van der Waals surface area contributed by atoms with Gasteiger partial charge in [0.15, 0.2) is 11.6 Å². The maximum atomic E-state index is 13.9. The van der Waals surface area contributed by atoms with Crippen LogP contribution in [0.1, 0.15) is 38.7 Å². The maximum Gasteiger partial charge on any atom is 0.223 e. The summed E-state index contributed by atoms with van der Waals surface area (Å²) in [5.74, 6) is -0.223. The van der Waals surface area contributed by atoms with Gasteiger partial charge in [0.05, 0.1) is 13.0 Å². The molecular weight excluding hydrogens is 271 g/mol. The van der Waals surface area contributed by atoms with Crippen molar-refractivity contribution in [2.24, 2.45) is 0 Å². The van der Waals surface area contributed by atoms with Gasteiger partial charge in [-0.3, -0.25) is 4.79 Å². The molecule has 0 heterocycles. The zero-order chi connectivity index (χ0) is 15.2.